The highest BCUT2D eigenvalue weighted by Gasteiger charge is 2.30. The molecule has 0 amide bonds. The van der Waals surface area contributed by atoms with Crippen molar-refractivity contribution in [2.45, 2.75) is 23.8 Å². The molecule has 4 N–H and O–H groups in total. The Morgan fingerprint density at radius 1 is 1.29 bits per heavy atom. The molecular formula is C11H16N2O3S. The number of sulfonamides is 1. The van der Waals surface area contributed by atoms with Crippen LogP contribution < -0.4 is 15.6 Å². The fraction of sp³-hybridized carbons (Fsp3) is 0.455. The molecule has 0 aromatic heterocycles. The van der Waals surface area contributed by atoms with E-state index < -0.39 is 10.0 Å². The summed E-state index contributed by atoms with van der Waals surface area (Å²) in [6.07, 6.45) is 1.79. The molecule has 1 fully saturated rings. The van der Waals surface area contributed by atoms with Gasteiger partial charge in [0.1, 0.15) is 10.6 Å². The van der Waals surface area contributed by atoms with Gasteiger partial charge < -0.3 is 10.5 Å². The Bertz CT molecular complexity index is 495. The number of para-hydroxylation sites is 1. The van der Waals surface area contributed by atoms with Gasteiger partial charge in [-0.1, -0.05) is 12.1 Å². The van der Waals surface area contributed by atoms with Gasteiger partial charge in [-0.15, -0.1) is 0 Å². The molecule has 0 bridgehead atoms. The van der Waals surface area contributed by atoms with Crippen LogP contribution in [0.1, 0.15) is 12.8 Å². The molecule has 1 saturated carbocycles. The lowest BCUT2D eigenvalue weighted by Gasteiger charge is -2.34. The summed E-state index contributed by atoms with van der Waals surface area (Å²) in [6.45, 7) is 0.649. The van der Waals surface area contributed by atoms with Gasteiger partial charge in [-0.2, -0.15) is 0 Å². The average Bonchev–Trinajstić information content (AvgIpc) is 2.22. The number of rotatable bonds is 4. The molecule has 0 radical (unpaired) electrons. The maximum absolute atomic E-state index is 11.3. The van der Waals surface area contributed by atoms with Crippen LogP contribution in [0.5, 0.6) is 5.75 Å². The van der Waals surface area contributed by atoms with Crippen molar-refractivity contribution >= 4 is 10.0 Å². The van der Waals surface area contributed by atoms with Crippen molar-refractivity contribution in [2.75, 3.05) is 6.54 Å². The van der Waals surface area contributed by atoms with Crippen LogP contribution in [0.3, 0.4) is 0 Å². The third-order valence-electron chi connectivity index (χ3n) is 2.98. The summed E-state index contributed by atoms with van der Waals surface area (Å²) >= 11 is 0. The van der Waals surface area contributed by atoms with E-state index in [2.05, 4.69) is 0 Å². The fourth-order valence-corrected chi connectivity index (χ4v) is 2.59. The predicted octanol–water partition coefficient (Wildman–Crippen LogP) is 0.450. The molecular weight excluding hydrogens is 240 g/mol. The maximum atomic E-state index is 11.3. The minimum absolute atomic E-state index is 0.0381. The zero-order valence-corrected chi connectivity index (χ0v) is 10.2. The molecule has 1 aliphatic carbocycles. The van der Waals surface area contributed by atoms with E-state index in [1.165, 1.54) is 6.07 Å². The van der Waals surface area contributed by atoms with E-state index >= 15 is 0 Å². The van der Waals surface area contributed by atoms with E-state index in [0.717, 1.165) is 12.8 Å². The van der Waals surface area contributed by atoms with Gasteiger partial charge in [0.2, 0.25) is 10.0 Å². The number of benzene rings is 1. The number of ether oxygens (including phenoxy) is 1. The van der Waals surface area contributed by atoms with Gasteiger partial charge in [-0.25, -0.2) is 13.6 Å². The molecule has 2 rings (SSSR count). The number of hydrogen-bond acceptors (Lipinski definition) is 4. The van der Waals surface area contributed by atoms with Gasteiger partial charge in [-0.3, -0.25) is 0 Å². The molecule has 1 aliphatic rings. The number of hydrogen-bond donors (Lipinski definition) is 2. The summed E-state index contributed by atoms with van der Waals surface area (Å²) in [6, 6.07) is 6.42. The summed E-state index contributed by atoms with van der Waals surface area (Å²) < 4.78 is 28.3. The minimum atomic E-state index is -3.73. The van der Waals surface area contributed by atoms with Gasteiger partial charge >= 0.3 is 0 Å². The van der Waals surface area contributed by atoms with E-state index in [1.807, 2.05) is 0 Å². The Kier molecular flexibility index (Phi) is 3.37. The molecule has 1 aromatic carbocycles. The van der Waals surface area contributed by atoms with Crippen LogP contribution in [0.4, 0.5) is 0 Å². The molecule has 1 aromatic rings. The van der Waals surface area contributed by atoms with Crippen LogP contribution in [-0.2, 0) is 10.0 Å². The zero-order valence-electron chi connectivity index (χ0n) is 9.37. The van der Waals surface area contributed by atoms with Crippen molar-refractivity contribution in [3.8, 4) is 5.75 Å². The summed E-state index contributed by atoms with van der Waals surface area (Å²) in [4.78, 5) is 0.0381. The van der Waals surface area contributed by atoms with Crippen LogP contribution >= 0.6 is 0 Å². The number of primary sulfonamides is 1. The first-order valence-corrected chi connectivity index (χ1v) is 7.04. The molecule has 17 heavy (non-hydrogen) atoms. The highest BCUT2D eigenvalue weighted by Crippen LogP contribution is 2.32. The third kappa shape index (κ3) is 2.77. The van der Waals surface area contributed by atoms with Crippen molar-refractivity contribution in [1.82, 2.24) is 0 Å². The average molecular weight is 256 g/mol. The molecule has 0 aliphatic heterocycles. The Hall–Kier alpha value is -1.11. The Morgan fingerprint density at radius 3 is 2.53 bits per heavy atom. The van der Waals surface area contributed by atoms with Crippen molar-refractivity contribution in [3.63, 3.8) is 0 Å². The minimum Gasteiger partial charge on any atom is -0.489 e. The van der Waals surface area contributed by atoms with E-state index in [0.29, 0.717) is 18.2 Å². The Labute approximate surface area is 101 Å². The highest BCUT2D eigenvalue weighted by molar-refractivity contribution is 7.89. The van der Waals surface area contributed by atoms with Crippen LogP contribution in [0.15, 0.2) is 29.2 Å². The smallest absolute Gasteiger partial charge is 0.241 e. The quantitative estimate of drug-likeness (QED) is 0.817. The van der Waals surface area contributed by atoms with Crippen molar-refractivity contribution < 1.29 is 13.2 Å². The topological polar surface area (TPSA) is 95.4 Å². The van der Waals surface area contributed by atoms with Crippen LogP contribution in [0.2, 0.25) is 0 Å². The normalized spacial score (nSPS) is 24.1. The second kappa shape index (κ2) is 4.64. The zero-order chi connectivity index (χ0) is 12.5. The molecule has 0 spiro atoms. The summed E-state index contributed by atoms with van der Waals surface area (Å²) in [5, 5.41) is 5.12. The van der Waals surface area contributed by atoms with Crippen molar-refractivity contribution in [3.05, 3.63) is 24.3 Å². The first-order chi connectivity index (χ1) is 8.00. The summed E-state index contributed by atoms with van der Waals surface area (Å²) in [5.41, 5.74) is 5.52. The first kappa shape index (κ1) is 12.3. The van der Waals surface area contributed by atoms with Gasteiger partial charge in [0.05, 0.1) is 6.10 Å². The third-order valence-corrected chi connectivity index (χ3v) is 3.93. The van der Waals surface area contributed by atoms with Gasteiger partial charge in [0, 0.05) is 0 Å². The van der Waals surface area contributed by atoms with E-state index in [-0.39, 0.29) is 11.0 Å². The molecule has 0 atom stereocenters. The summed E-state index contributed by atoms with van der Waals surface area (Å²) in [5.74, 6) is 0.817. The second-order valence-corrected chi connectivity index (χ2v) is 5.83. The standard InChI is InChI=1S/C11H16N2O3S/c12-7-8-5-9(6-8)16-10-3-1-2-4-11(10)17(13,14)15/h1-4,8-9H,5-7,12H2,(H2,13,14,15). The van der Waals surface area contributed by atoms with Crippen LogP contribution in [0, 0.1) is 5.92 Å². The lowest BCUT2D eigenvalue weighted by Crippen LogP contribution is -2.38. The van der Waals surface area contributed by atoms with Gasteiger partial charge in [0.15, 0.2) is 0 Å². The van der Waals surface area contributed by atoms with E-state index in [4.69, 9.17) is 15.6 Å². The van der Waals surface area contributed by atoms with Gasteiger partial charge in [0.25, 0.3) is 0 Å². The highest BCUT2D eigenvalue weighted by atomic mass is 32.2. The molecule has 6 heteroatoms. The molecule has 0 heterocycles. The molecule has 5 nitrogen and oxygen atoms in total. The van der Waals surface area contributed by atoms with Crippen molar-refractivity contribution in [2.24, 2.45) is 16.8 Å². The Balaban J connectivity index is 2.12. The monoisotopic (exact) mass is 256 g/mol. The SMILES string of the molecule is NCC1CC(Oc2ccccc2S(N)(=O)=O)C1. The Morgan fingerprint density at radius 2 is 1.94 bits per heavy atom. The molecule has 0 saturated heterocycles. The fourth-order valence-electron chi connectivity index (χ4n) is 1.93. The lowest BCUT2D eigenvalue weighted by molar-refractivity contribution is 0.0664. The van der Waals surface area contributed by atoms with Gasteiger partial charge in [-0.05, 0) is 37.4 Å². The number of nitrogens with two attached hydrogens (primary N) is 2. The first-order valence-electron chi connectivity index (χ1n) is 5.49. The predicted molar refractivity (Wildman–Crippen MR) is 64.0 cm³/mol. The summed E-state index contributed by atoms with van der Waals surface area (Å²) in [7, 11) is -3.73. The maximum Gasteiger partial charge on any atom is 0.241 e. The molecule has 94 valence electrons. The largest absolute Gasteiger partial charge is 0.489 e. The van der Waals surface area contributed by atoms with Crippen molar-refractivity contribution in [1.29, 1.82) is 0 Å². The van der Waals surface area contributed by atoms with E-state index in [9.17, 15) is 8.42 Å². The molecule has 0 unspecified atom stereocenters. The van der Waals surface area contributed by atoms with Crippen LogP contribution in [-0.4, -0.2) is 21.1 Å². The second-order valence-electron chi connectivity index (χ2n) is 4.30. The van der Waals surface area contributed by atoms with Crippen LogP contribution in [0.25, 0.3) is 0 Å². The lowest BCUT2D eigenvalue weighted by atomic mass is 9.82. The van der Waals surface area contributed by atoms with E-state index in [1.54, 1.807) is 18.2 Å².